The lowest BCUT2D eigenvalue weighted by molar-refractivity contribution is 0.383. The van der Waals surface area contributed by atoms with Gasteiger partial charge in [-0.25, -0.2) is 8.42 Å². The Labute approximate surface area is 116 Å². The number of sulfone groups is 1. The second kappa shape index (κ2) is 5.71. The molecule has 0 fully saturated rings. The van der Waals surface area contributed by atoms with Crippen LogP contribution < -0.4 is 0 Å². The van der Waals surface area contributed by atoms with Crippen LogP contribution in [-0.2, 0) is 22.0 Å². The molecule has 0 aliphatic rings. The van der Waals surface area contributed by atoms with Crippen molar-refractivity contribution in [2.24, 2.45) is 0 Å². The number of hydrogen-bond acceptors (Lipinski definition) is 5. The Morgan fingerprint density at radius 2 is 1.95 bits per heavy atom. The summed E-state index contributed by atoms with van der Waals surface area (Å²) in [5.41, 5.74) is 0.982. The van der Waals surface area contributed by atoms with Crippen molar-refractivity contribution in [1.29, 1.82) is 0 Å². The molecular weight excluding hydrogens is 288 g/mol. The fourth-order valence-corrected chi connectivity index (χ4v) is 2.32. The van der Waals surface area contributed by atoms with Gasteiger partial charge in [0, 0.05) is 17.2 Å². The van der Waals surface area contributed by atoms with Gasteiger partial charge >= 0.3 is 0 Å². The van der Waals surface area contributed by atoms with E-state index < -0.39 is 9.84 Å². The number of hydrogen-bond donors (Lipinski definition) is 0. The van der Waals surface area contributed by atoms with Crippen LogP contribution in [-0.4, -0.2) is 24.3 Å². The van der Waals surface area contributed by atoms with Gasteiger partial charge in [0.05, 0.1) is 0 Å². The van der Waals surface area contributed by atoms with Crippen molar-refractivity contribution in [3.05, 3.63) is 46.6 Å². The minimum absolute atomic E-state index is 0.0574. The molecule has 0 aliphatic carbocycles. The molecule has 0 atom stereocenters. The van der Waals surface area contributed by atoms with Crippen LogP contribution in [0, 0.1) is 0 Å². The fraction of sp³-hybridized carbons (Fsp3) is 0.333. The third kappa shape index (κ3) is 4.04. The largest absolute Gasteiger partial charge is 0.338 e. The molecule has 0 amide bonds. The molecule has 19 heavy (non-hydrogen) atoms. The van der Waals surface area contributed by atoms with Gasteiger partial charge in [-0.2, -0.15) is 4.98 Å². The lowest BCUT2D eigenvalue weighted by Crippen LogP contribution is -2.06. The van der Waals surface area contributed by atoms with Crippen LogP contribution in [0.3, 0.4) is 0 Å². The van der Waals surface area contributed by atoms with Gasteiger partial charge in [0.15, 0.2) is 15.7 Å². The smallest absolute Gasteiger partial charge is 0.241 e. The summed E-state index contributed by atoms with van der Waals surface area (Å²) in [7, 11) is -3.15. The standard InChI is InChI=1S/C12H13ClN2O3S/c1-2-19(16,17)8-12-14-11(15-18-12)7-9-3-5-10(13)6-4-9/h3-6H,2,7-8H2,1H3. The van der Waals surface area contributed by atoms with Crippen molar-refractivity contribution < 1.29 is 12.9 Å². The Balaban J connectivity index is 2.07. The van der Waals surface area contributed by atoms with E-state index in [1.807, 2.05) is 12.1 Å². The topological polar surface area (TPSA) is 73.1 Å². The van der Waals surface area contributed by atoms with Crippen LogP contribution in [0.15, 0.2) is 28.8 Å². The minimum atomic E-state index is -3.15. The van der Waals surface area contributed by atoms with Crippen LogP contribution in [0.5, 0.6) is 0 Å². The summed E-state index contributed by atoms with van der Waals surface area (Å²) in [4.78, 5) is 4.07. The average Bonchev–Trinajstić information content (AvgIpc) is 2.79. The molecule has 0 bridgehead atoms. The first-order valence-electron chi connectivity index (χ1n) is 5.75. The Morgan fingerprint density at radius 1 is 1.26 bits per heavy atom. The second-order valence-electron chi connectivity index (χ2n) is 4.08. The summed E-state index contributed by atoms with van der Waals surface area (Å²) in [5, 5.41) is 4.43. The van der Waals surface area contributed by atoms with Crippen molar-refractivity contribution >= 4 is 21.4 Å². The highest BCUT2D eigenvalue weighted by atomic mass is 35.5. The first-order chi connectivity index (χ1) is 8.98. The van der Waals surface area contributed by atoms with E-state index in [0.29, 0.717) is 17.3 Å². The molecule has 0 spiro atoms. The molecule has 5 nitrogen and oxygen atoms in total. The predicted molar refractivity (Wildman–Crippen MR) is 71.7 cm³/mol. The van der Waals surface area contributed by atoms with Gasteiger partial charge in [-0.15, -0.1) is 0 Å². The quantitative estimate of drug-likeness (QED) is 0.846. The van der Waals surface area contributed by atoms with E-state index in [4.69, 9.17) is 16.1 Å². The first-order valence-corrected chi connectivity index (χ1v) is 7.95. The SMILES string of the molecule is CCS(=O)(=O)Cc1nc(Cc2ccc(Cl)cc2)no1. The van der Waals surface area contributed by atoms with Gasteiger partial charge in [-0.05, 0) is 17.7 Å². The van der Waals surface area contributed by atoms with Gasteiger partial charge < -0.3 is 4.52 Å². The van der Waals surface area contributed by atoms with Crippen LogP contribution in [0.2, 0.25) is 5.02 Å². The number of rotatable bonds is 5. The third-order valence-electron chi connectivity index (χ3n) is 2.57. The van der Waals surface area contributed by atoms with E-state index in [1.54, 1.807) is 19.1 Å². The summed E-state index contributed by atoms with van der Waals surface area (Å²) in [5.74, 6) is 0.438. The Kier molecular flexibility index (Phi) is 4.21. The highest BCUT2D eigenvalue weighted by Gasteiger charge is 2.15. The fourth-order valence-electron chi connectivity index (χ4n) is 1.50. The zero-order chi connectivity index (χ0) is 13.9. The number of halogens is 1. The molecule has 1 aromatic heterocycles. The maximum Gasteiger partial charge on any atom is 0.241 e. The van der Waals surface area contributed by atoms with E-state index in [1.165, 1.54) is 0 Å². The van der Waals surface area contributed by atoms with E-state index >= 15 is 0 Å². The van der Waals surface area contributed by atoms with Crippen LogP contribution in [0.4, 0.5) is 0 Å². The first kappa shape index (κ1) is 14.0. The summed E-state index contributed by atoms with van der Waals surface area (Å²) >= 11 is 5.79. The van der Waals surface area contributed by atoms with Crippen LogP contribution in [0.25, 0.3) is 0 Å². The highest BCUT2D eigenvalue weighted by Crippen LogP contribution is 2.13. The number of aromatic nitrogens is 2. The third-order valence-corrected chi connectivity index (χ3v) is 4.39. The molecule has 0 aliphatic heterocycles. The maximum atomic E-state index is 11.4. The van der Waals surface area contributed by atoms with E-state index in [2.05, 4.69) is 10.1 Å². The van der Waals surface area contributed by atoms with E-state index in [0.717, 1.165) is 5.56 Å². The Hall–Kier alpha value is -1.40. The molecule has 0 unspecified atom stereocenters. The van der Waals surface area contributed by atoms with E-state index in [9.17, 15) is 8.42 Å². The summed E-state index contributed by atoms with van der Waals surface area (Å²) in [6.45, 7) is 1.58. The van der Waals surface area contributed by atoms with Crippen molar-refractivity contribution in [2.45, 2.75) is 19.1 Å². The summed E-state index contributed by atoms with van der Waals surface area (Å²) in [6.07, 6.45) is 0.479. The van der Waals surface area contributed by atoms with Gasteiger partial charge in [0.25, 0.3) is 0 Å². The number of benzene rings is 1. The molecule has 2 rings (SSSR count). The molecular formula is C12H13ClN2O3S. The molecule has 2 aromatic rings. The molecule has 0 radical (unpaired) electrons. The zero-order valence-corrected chi connectivity index (χ0v) is 11.9. The van der Waals surface area contributed by atoms with E-state index in [-0.39, 0.29) is 17.4 Å². The summed E-state index contributed by atoms with van der Waals surface area (Å²) < 4.78 is 27.8. The Morgan fingerprint density at radius 3 is 2.58 bits per heavy atom. The lowest BCUT2D eigenvalue weighted by atomic mass is 10.1. The predicted octanol–water partition coefficient (Wildman–Crippen LogP) is 2.25. The molecule has 1 aromatic carbocycles. The van der Waals surface area contributed by atoms with Crippen molar-refractivity contribution in [2.75, 3.05) is 5.75 Å². The monoisotopic (exact) mass is 300 g/mol. The van der Waals surface area contributed by atoms with Crippen molar-refractivity contribution in [3.63, 3.8) is 0 Å². The molecule has 0 N–H and O–H groups in total. The molecule has 7 heteroatoms. The molecule has 1 heterocycles. The van der Waals surface area contributed by atoms with Crippen LogP contribution in [0.1, 0.15) is 24.2 Å². The Bertz CT molecular complexity index is 650. The normalized spacial score (nSPS) is 11.7. The lowest BCUT2D eigenvalue weighted by Gasteiger charge is -1.96. The second-order valence-corrected chi connectivity index (χ2v) is 6.87. The van der Waals surface area contributed by atoms with Gasteiger partial charge in [-0.1, -0.05) is 35.8 Å². The highest BCUT2D eigenvalue weighted by molar-refractivity contribution is 7.90. The van der Waals surface area contributed by atoms with Gasteiger partial charge in [-0.3, -0.25) is 0 Å². The maximum absolute atomic E-state index is 11.4. The zero-order valence-electron chi connectivity index (χ0n) is 10.3. The average molecular weight is 301 g/mol. The molecule has 0 saturated carbocycles. The van der Waals surface area contributed by atoms with Crippen molar-refractivity contribution in [1.82, 2.24) is 10.1 Å². The van der Waals surface area contributed by atoms with Crippen LogP contribution >= 0.6 is 11.6 Å². The van der Waals surface area contributed by atoms with Gasteiger partial charge in [0.1, 0.15) is 5.75 Å². The van der Waals surface area contributed by atoms with Gasteiger partial charge in [0.2, 0.25) is 5.89 Å². The van der Waals surface area contributed by atoms with Crippen molar-refractivity contribution in [3.8, 4) is 0 Å². The summed E-state index contributed by atoms with van der Waals surface area (Å²) in [6, 6.07) is 7.28. The number of nitrogens with zero attached hydrogens (tertiary/aromatic N) is 2. The molecule has 102 valence electrons. The minimum Gasteiger partial charge on any atom is -0.338 e. The molecule has 0 saturated heterocycles.